The third-order valence-electron chi connectivity index (χ3n) is 3.13. The fraction of sp³-hybridized carbons (Fsp3) is 0.462. The number of thiophene rings is 1. The van der Waals surface area contributed by atoms with Crippen molar-refractivity contribution in [3.05, 3.63) is 27.2 Å². The van der Waals surface area contributed by atoms with Gasteiger partial charge in [0.25, 0.3) is 0 Å². The normalized spacial score (nSPS) is 12.7. The molecule has 2 heterocycles. The van der Waals surface area contributed by atoms with Crippen LogP contribution in [-0.4, -0.2) is 41.0 Å². The van der Waals surface area contributed by atoms with Gasteiger partial charge in [-0.2, -0.15) is 15.0 Å². The van der Waals surface area contributed by atoms with Crippen molar-refractivity contribution in [1.82, 2.24) is 19.9 Å². The van der Waals surface area contributed by atoms with E-state index in [9.17, 15) is 0 Å². The van der Waals surface area contributed by atoms with E-state index in [1.807, 2.05) is 45.1 Å². The Morgan fingerprint density at radius 3 is 2.52 bits per heavy atom. The maximum Gasteiger partial charge on any atom is 0.229 e. The summed E-state index contributed by atoms with van der Waals surface area (Å²) in [5, 5.41) is 0. The molecular formula is C13H19ClN6S. The number of aromatic nitrogens is 3. The van der Waals surface area contributed by atoms with Gasteiger partial charge in [-0.1, -0.05) is 11.6 Å². The molecular weight excluding hydrogens is 308 g/mol. The predicted molar refractivity (Wildman–Crippen MR) is 87.8 cm³/mol. The van der Waals surface area contributed by atoms with Crippen molar-refractivity contribution in [1.29, 1.82) is 0 Å². The van der Waals surface area contributed by atoms with Crippen molar-refractivity contribution in [2.75, 3.05) is 31.8 Å². The lowest BCUT2D eigenvalue weighted by Gasteiger charge is -2.23. The van der Waals surface area contributed by atoms with E-state index < -0.39 is 0 Å². The summed E-state index contributed by atoms with van der Waals surface area (Å²) in [7, 11) is 5.77. The van der Waals surface area contributed by atoms with Crippen molar-refractivity contribution in [2.24, 2.45) is 0 Å². The Morgan fingerprint density at radius 1 is 1.24 bits per heavy atom. The van der Waals surface area contributed by atoms with E-state index in [4.69, 9.17) is 17.3 Å². The van der Waals surface area contributed by atoms with Crippen molar-refractivity contribution < 1.29 is 0 Å². The zero-order valence-corrected chi connectivity index (χ0v) is 14.1. The van der Waals surface area contributed by atoms with Crippen molar-refractivity contribution in [2.45, 2.75) is 19.5 Å². The minimum Gasteiger partial charge on any atom is -0.368 e. The highest BCUT2D eigenvalue weighted by atomic mass is 35.5. The Morgan fingerprint density at radius 2 is 1.95 bits per heavy atom. The maximum atomic E-state index is 5.96. The molecule has 0 spiro atoms. The molecule has 0 fully saturated rings. The topological polar surface area (TPSA) is 71.2 Å². The molecule has 0 bridgehead atoms. The standard InChI is InChI=1S/C13H19ClN6S/c1-8(20(4)7-9-5-6-10(14)21-9)11-16-12(15)18-13(17-11)19(2)3/h5-6,8H,7H2,1-4H3,(H2,15,16,17,18). The van der Waals surface area contributed by atoms with Crippen molar-refractivity contribution >= 4 is 34.8 Å². The summed E-state index contributed by atoms with van der Waals surface area (Å²) < 4.78 is 0.797. The maximum absolute atomic E-state index is 5.96. The number of rotatable bonds is 5. The Kier molecular flexibility index (Phi) is 4.97. The van der Waals surface area contributed by atoms with Gasteiger partial charge in [-0.15, -0.1) is 11.3 Å². The number of nitrogen functional groups attached to an aromatic ring is 1. The molecule has 2 N–H and O–H groups in total. The molecule has 0 saturated heterocycles. The average molecular weight is 327 g/mol. The van der Waals surface area contributed by atoms with Crippen LogP contribution in [0.4, 0.5) is 11.9 Å². The van der Waals surface area contributed by atoms with Gasteiger partial charge >= 0.3 is 0 Å². The molecule has 0 aliphatic carbocycles. The lowest BCUT2D eigenvalue weighted by atomic mass is 10.2. The summed E-state index contributed by atoms with van der Waals surface area (Å²) in [6.45, 7) is 2.82. The predicted octanol–water partition coefficient (Wildman–Crippen LogP) is 2.43. The van der Waals surface area contributed by atoms with Crippen LogP contribution in [-0.2, 0) is 6.54 Å². The second kappa shape index (κ2) is 6.55. The van der Waals surface area contributed by atoms with Crippen LogP contribution in [0.25, 0.3) is 0 Å². The van der Waals surface area contributed by atoms with Crippen LogP contribution in [0.2, 0.25) is 4.34 Å². The highest BCUT2D eigenvalue weighted by Crippen LogP contribution is 2.25. The van der Waals surface area contributed by atoms with Gasteiger partial charge in [0.05, 0.1) is 10.4 Å². The Balaban J connectivity index is 2.16. The van der Waals surface area contributed by atoms with E-state index in [0.29, 0.717) is 11.8 Å². The molecule has 6 nitrogen and oxygen atoms in total. The van der Waals surface area contributed by atoms with Crippen molar-refractivity contribution in [3.63, 3.8) is 0 Å². The summed E-state index contributed by atoms with van der Waals surface area (Å²) in [4.78, 5) is 18.0. The summed E-state index contributed by atoms with van der Waals surface area (Å²) in [6, 6.07) is 3.96. The van der Waals surface area contributed by atoms with Crippen LogP contribution in [0, 0.1) is 0 Å². The first-order chi connectivity index (χ1) is 9.86. The highest BCUT2D eigenvalue weighted by molar-refractivity contribution is 7.16. The Hall–Kier alpha value is -1.44. The molecule has 21 heavy (non-hydrogen) atoms. The first-order valence-corrected chi connectivity index (χ1v) is 7.69. The van der Waals surface area contributed by atoms with E-state index in [0.717, 1.165) is 10.9 Å². The molecule has 2 aromatic heterocycles. The largest absolute Gasteiger partial charge is 0.368 e. The number of anilines is 2. The smallest absolute Gasteiger partial charge is 0.229 e. The van der Waals surface area contributed by atoms with E-state index in [-0.39, 0.29) is 12.0 Å². The molecule has 0 amide bonds. The monoisotopic (exact) mass is 326 g/mol. The summed E-state index contributed by atoms with van der Waals surface area (Å²) in [5.74, 6) is 1.47. The molecule has 0 saturated carbocycles. The highest BCUT2D eigenvalue weighted by Gasteiger charge is 2.18. The molecule has 1 unspecified atom stereocenters. The van der Waals surface area contributed by atoms with Gasteiger partial charge in [0, 0.05) is 25.5 Å². The van der Waals surface area contributed by atoms with Crippen LogP contribution in [0.15, 0.2) is 12.1 Å². The first-order valence-electron chi connectivity index (χ1n) is 6.50. The van der Waals surface area contributed by atoms with Gasteiger partial charge in [-0.05, 0) is 26.1 Å². The third kappa shape index (κ3) is 4.03. The molecule has 2 rings (SSSR count). The second-order valence-corrected chi connectivity index (χ2v) is 6.84. The molecule has 1 atom stereocenters. The van der Waals surface area contributed by atoms with E-state index in [1.165, 1.54) is 4.88 Å². The molecule has 0 aromatic carbocycles. The number of hydrogen-bond acceptors (Lipinski definition) is 7. The van der Waals surface area contributed by atoms with Gasteiger partial charge in [0.15, 0.2) is 5.82 Å². The minimum absolute atomic E-state index is 0.0230. The number of nitrogens with two attached hydrogens (primary N) is 1. The van der Waals surface area contributed by atoms with E-state index >= 15 is 0 Å². The summed E-state index contributed by atoms with van der Waals surface area (Å²) >= 11 is 7.54. The van der Waals surface area contributed by atoms with Crippen LogP contribution in [0.5, 0.6) is 0 Å². The fourth-order valence-electron chi connectivity index (χ4n) is 1.80. The van der Waals surface area contributed by atoms with Crippen molar-refractivity contribution in [3.8, 4) is 0 Å². The molecule has 2 aromatic rings. The van der Waals surface area contributed by atoms with Crippen LogP contribution >= 0.6 is 22.9 Å². The van der Waals surface area contributed by atoms with E-state index in [2.05, 4.69) is 19.9 Å². The second-order valence-electron chi connectivity index (χ2n) is 5.04. The van der Waals surface area contributed by atoms with E-state index in [1.54, 1.807) is 11.3 Å². The summed E-state index contributed by atoms with van der Waals surface area (Å²) in [5.41, 5.74) is 5.77. The van der Waals surface area contributed by atoms with Gasteiger partial charge in [0.2, 0.25) is 11.9 Å². The zero-order valence-electron chi connectivity index (χ0n) is 12.5. The summed E-state index contributed by atoms with van der Waals surface area (Å²) in [6.07, 6.45) is 0. The molecule has 8 heteroatoms. The zero-order chi connectivity index (χ0) is 15.6. The lowest BCUT2D eigenvalue weighted by Crippen LogP contribution is -2.25. The molecule has 0 aliphatic heterocycles. The fourth-order valence-corrected chi connectivity index (χ4v) is 2.95. The Labute approximate surface area is 133 Å². The van der Waals surface area contributed by atoms with Gasteiger partial charge < -0.3 is 10.6 Å². The lowest BCUT2D eigenvalue weighted by molar-refractivity contribution is 0.246. The number of nitrogens with zero attached hydrogens (tertiary/aromatic N) is 5. The molecule has 0 radical (unpaired) electrons. The SMILES string of the molecule is CC(c1nc(N)nc(N(C)C)n1)N(C)Cc1ccc(Cl)s1. The number of halogens is 1. The van der Waals surface area contributed by atoms with Gasteiger partial charge in [-0.3, -0.25) is 4.90 Å². The first kappa shape index (κ1) is 15.9. The average Bonchev–Trinajstić information content (AvgIpc) is 2.82. The quantitative estimate of drug-likeness (QED) is 0.910. The van der Waals surface area contributed by atoms with Gasteiger partial charge in [0.1, 0.15) is 0 Å². The number of hydrogen-bond donors (Lipinski definition) is 1. The third-order valence-corrected chi connectivity index (χ3v) is 4.34. The Bertz CT molecular complexity index is 614. The van der Waals surface area contributed by atoms with Gasteiger partial charge in [-0.25, -0.2) is 0 Å². The molecule has 0 aliphatic rings. The molecule has 114 valence electrons. The van der Waals surface area contributed by atoms with Crippen LogP contribution in [0.3, 0.4) is 0 Å². The minimum atomic E-state index is 0.0230. The van der Waals surface area contributed by atoms with Crippen LogP contribution in [0.1, 0.15) is 23.7 Å². The van der Waals surface area contributed by atoms with Crippen LogP contribution < -0.4 is 10.6 Å².